The molecule has 0 radical (unpaired) electrons. The quantitative estimate of drug-likeness (QED) is 0.804. The lowest BCUT2D eigenvalue weighted by Gasteiger charge is -2.08. The lowest BCUT2D eigenvalue weighted by molar-refractivity contribution is -0.129. The van der Waals surface area contributed by atoms with E-state index in [1.165, 1.54) is 6.92 Å². The van der Waals surface area contributed by atoms with E-state index in [2.05, 4.69) is 5.32 Å². The molecule has 1 rings (SSSR count). The molecule has 1 atom stereocenters. The Labute approximate surface area is 93.4 Å². The summed E-state index contributed by atoms with van der Waals surface area (Å²) in [5, 5.41) is 3.24. The first-order valence-electron chi connectivity index (χ1n) is 4.57. The standard InChI is InChI=1S/C11H12ClNO2/c1-7(8(2)14)11(15)13-10-5-3-9(12)4-6-10/h3-7H,1-2H3,(H,13,15)/t7-/m0/s1. The van der Waals surface area contributed by atoms with Crippen LogP contribution in [0.2, 0.25) is 5.02 Å². The molecule has 4 heteroatoms. The van der Waals surface area contributed by atoms with Crippen LogP contribution in [0.5, 0.6) is 0 Å². The SMILES string of the molecule is CC(=O)[C@H](C)C(=O)Nc1ccc(Cl)cc1. The minimum absolute atomic E-state index is 0.151. The number of nitrogens with one attached hydrogen (secondary N) is 1. The Morgan fingerprint density at radius 2 is 1.80 bits per heavy atom. The summed E-state index contributed by atoms with van der Waals surface area (Å²) in [6.45, 7) is 2.97. The van der Waals surface area contributed by atoms with Crippen molar-refractivity contribution in [3.63, 3.8) is 0 Å². The Hall–Kier alpha value is -1.35. The maximum atomic E-state index is 11.5. The van der Waals surface area contributed by atoms with Crippen molar-refractivity contribution in [2.75, 3.05) is 5.32 Å². The van der Waals surface area contributed by atoms with Gasteiger partial charge in [-0.1, -0.05) is 11.6 Å². The molecular weight excluding hydrogens is 214 g/mol. The van der Waals surface area contributed by atoms with Gasteiger partial charge in [-0.3, -0.25) is 9.59 Å². The number of carbonyl (C=O) groups is 2. The highest BCUT2D eigenvalue weighted by molar-refractivity contribution is 6.30. The predicted octanol–water partition coefficient (Wildman–Crippen LogP) is 2.50. The topological polar surface area (TPSA) is 46.2 Å². The van der Waals surface area contributed by atoms with Gasteiger partial charge in [-0.05, 0) is 38.1 Å². The second kappa shape index (κ2) is 4.94. The lowest BCUT2D eigenvalue weighted by atomic mass is 10.1. The number of Topliss-reactive ketones (excluding diaryl/α,β-unsaturated/α-hetero) is 1. The summed E-state index contributed by atoms with van der Waals surface area (Å²) >= 11 is 5.69. The van der Waals surface area contributed by atoms with Gasteiger partial charge in [0.05, 0.1) is 5.92 Å². The molecule has 0 saturated heterocycles. The predicted molar refractivity (Wildman–Crippen MR) is 59.9 cm³/mol. The Balaban J connectivity index is 2.66. The van der Waals surface area contributed by atoms with Crippen LogP contribution in [0.4, 0.5) is 5.69 Å². The smallest absolute Gasteiger partial charge is 0.234 e. The Morgan fingerprint density at radius 1 is 1.27 bits per heavy atom. The first kappa shape index (κ1) is 11.7. The number of ketones is 1. The molecule has 3 nitrogen and oxygen atoms in total. The van der Waals surface area contributed by atoms with E-state index < -0.39 is 5.92 Å². The van der Waals surface area contributed by atoms with E-state index in [1.54, 1.807) is 31.2 Å². The minimum atomic E-state index is -0.624. The lowest BCUT2D eigenvalue weighted by Crippen LogP contribution is -2.25. The first-order chi connectivity index (χ1) is 7.00. The van der Waals surface area contributed by atoms with Gasteiger partial charge in [-0.2, -0.15) is 0 Å². The molecule has 0 fully saturated rings. The summed E-state index contributed by atoms with van der Waals surface area (Å²) in [6, 6.07) is 6.73. The van der Waals surface area contributed by atoms with Crippen molar-refractivity contribution in [2.45, 2.75) is 13.8 Å². The molecule has 0 unspecified atom stereocenters. The maximum absolute atomic E-state index is 11.5. The number of benzene rings is 1. The Bertz CT molecular complexity index is 373. The zero-order valence-corrected chi connectivity index (χ0v) is 9.34. The molecule has 15 heavy (non-hydrogen) atoms. The fourth-order valence-corrected chi connectivity index (χ4v) is 1.09. The summed E-state index contributed by atoms with van der Waals surface area (Å²) < 4.78 is 0. The number of hydrogen-bond acceptors (Lipinski definition) is 2. The van der Waals surface area contributed by atoms with E-state index in [1.807, 2.05) is 0 Å². The summed E-state index contributed by atoms with van der Waals surface area (Å²) in [4.78, 5) is 22.4. The van der Waals surface area contributed by atoms with Crippen LogP contribution in [0.3, 0.4) is 0 Å². The van der Waals surface area contributed by atoms with E-state index in [9.17, 15) is 9.59 Å². The highest BCUT2D eigenvalue weighted by Gasteiger charge is 2.17. The summed E-state index contributed by atoms with van der Waals surface area (Å²) in [7, 11) is 0. The van der Waals surface area contributed by atoms with E-state index in [4.69, 9.17) is 11.6 Å². The molecule has 80 valence electrons. The molecule has 0 aliphatic heterocycles. The van der Waals surface area contributed by atoms with Gasteiger partial charge in [0.1, 0.15) is 5.78 Å². The van der Waals surface area contributed by atoms with Gasteiger partial charge in [-0.15, -0.1) is 0 Å². The first-order valence-corrected chi connectivity index (χ1v) is 4.95. The van der Waals surface area contributed by atoms with Gasteiger partial charge in [0, 0.05) is 10.7 Å². The van der Waals surface area contributed by atoms with Crippen molar-refractivity contribution in [1.82, 2.24) is 0 Å². The fraction of sp³-hybridized carbons (Fsp3) is 0.273. The van der Waals surface area contributed by atoms with Crippen LogP contribution in [0.25, 0.3) is 0 Å². The number of hydrogen-bond donors (Lipinski definition) is 1. The van der Waals surface area contributed by atoms with Gasteiger partial charge in [0.2, 0.25) is 5.91 Å². The molecule has 0 saturated carbocycles. The highest BCUT2D eigenvalue weighted by atomic mass is 35.5. The zero-order chi connectivity index (χ0) is 11.4. The van der Waals surface area contributed by atoms with Crippen LogP contribution < -0.4 is 5.32 Å². The third-order valence-corrected chi connectivity index (χ3v) is 2.37. The molecule has 1 aromatic rings. The van der Waals surface area contributed by atoms with Crippen LogP contribution >= 0.6 is 11.6 Å². The van der Waals surface area contributed by atoms with Gasteiger partial charge in [-0.25, -0.2) is 0 Å². The molecule has 1 N–H and O–H groups in total. The van der Waals surface area contributed by atoms with Crippen molar-refractivity contribution in [2.24, 2.45) is 5.92 Å². The molecule has 0 aliphatic rings. The van der Waals surface area contributed by atoms with Crippen molar-refractivity contribution >= 4 is 29.0 Å². The Morgan fingerprint density at radius 3 is 2.27 bits per heavy atom. The average molecular weight is 226 g/mol. The summed E-state index contributed by atoms with van der Waals surface area (Å²) in [6.07, 6.45) is 0. The number of amides is 1. The van der Waals surface area contributed by atoms with Gasteiger partial charge >= 0.3 is 0 Å². The summed E-state index contributed by atoms with van der Waals surface area (Å²) in [5.74, 6) is -1.08. The highest BCUT2D eigenvalue weighted by Crippen LogP contribution is 2.14. The van der Waals surface area contributed by atoms with Gasteiger partial charge in [0.15, 0.2) is 0 Å². The van der Waals surface area contributed by atoms with Crippen LogP contribution in [-0.2, 0) is 9.59 Å². The second-order valence-corrected chi connectivity index (χ2v) is 3.76. The van der Waals surface area contributed by atoms with Crippen molar-refractivity contribution < 1.29 is 9.59 Å². The van der Waals surface area contributed by atoms with Crippen molar-refractivity contribution in [1.29, 1.82) is 0 Å². The zero-order valence-electron chi connectivity index (χ0n) is 8.58. The number of halogens is 1. The van der Waals surface area contributed by atoms with E-state index >= 15 is 0 Å². The normalized spacial score (nSPS) is 11.9. The largest absolute Gasteiger partial charge is 0.325 e. The number of rotatable bonds is 3. The second-order valence-electron chi connectivity index (χ2n) is 3.33. The molecule has 1 aromatic carbocycles. The molecule has 0 bridgehead atoms. The molecular formula is C11H12ClNO2. The molecule has 0 aliphatic carbocycles. The maximum Gasteiger partial charge on any atom is 0.234 e. The monoisotopic (exact) mass is 225 g/mol. The van der Waals surface area contributed by atoms with E-state index in [0.29, 0.717) is 10.7 Å². The van der Waals surface area contributed by atoms with E-state index in [0.717, 1.165) is 0 Å². The minimum Gasteiger partial charge on any atom is -0.325 e. The summed E-state index contributed by atoms with van der Waals surface area (Å²) in [5.41, 5.74) is 0.637. The average Bonchev–Trinajstić information content (AvgIpc) is 2.20. The fourth-order valence-electron chi connectivity index (χ4n) is 0.968. The van der Waals surface area contributed by atoms with Crippen LogP contribution in [-0.4, -0.2) is 11.7 Å². The van der Waals surface area contributed by atoms with Gasteiger partial charge in [0.25, 0.3) is 0 Å². The van der Waals surface area contributed by atoms with E-state index in [-0.39, 0.29) is 11.7 Å². The number of carbonyl (C=O) groups excluding carboxylic acids is 2. The number of anilines is 1. The molecule has 0 spiro atoms. The Kier molecular flexibility index (Phi) is 3.86. The molecule has 0 heterocycles. The third-order valence-electron chi connectivity index (χ3n) is 2.11. The van der Waals surface area contributed by atoms with Crippen LogP contribution in [0.1, 0.15) is 13.8 Å². The third kappa shape index (κ3) is 3.36. The van der Waals surface area contributed by atoms with Crippen molar-refractivity contribution in [3.05, 3.63) is 29.3 Å². The molecule has 1 amide bonds. The molecule has 0 aromatic heterocycles. The van der Waals surface area contributed by atoms with Crippen LogP contribution in [0, 0.1) is 5.92 Å². The van der Waals surface area contributed by atoms with Crippen molar-refractivity contribution in [3.8, 4) is 0 Å². The van der Waals surface area contributed by atoms with Gasteiger partial charge < -0.3 is 5.32 Å². The van der Waals surface area contributed by atoms with Crippen LogP contribution in [0.15, 0.2) is 24.3 Å².